The summed E-state index contributed by atoms with van der Waals surface area (Å²) in [7, 11) is 0. The summed E-state index contributed by atoms with van der Waals surface area (Å²) in [5.41, 5.74) is 1.03. The van der Waals surface area contributed by atoms with E-state index in [1.165, 1.54) is 6.07 Å². The quantitative estimate of drug-likeness (QED) is 0.623. The largest absolute Gasteiger partial charge is 3.00 e. The minimum atomic E-state index is 0. The first kappa shape index (κ1) is 9.12. The van der Waals surface area contributed by atoms with Crippen molar-refractivity contribution in [2.45, 2.75) is 6.92 Å². The average molecular weight is 196 g/mol. The zero-order chi connectivity index (χ0) is 5.98. The van der Waals surface area contributed by atoms with E-state index in [0.717, 1.165) is 5.56 Å². The van der Waals surface area contributed by atoms with Crippen LogP contribution in [0.2, 0.25) is 0 Å². The number of aromatic hydroxyl groups is 1. The number of phenols is 1. The molecule has 0 aliphatic heterocycles. The topological polar surface area (TPSA) is 20.2 Å². The van der Waals surface area contributed by atoms with Crippen LogP contribution in [-0.4, -0.2) is 5.11 Å². The van der Waals surface area contributed by atoms with Crippen LogP contribution in [0, 0.1) is 13.0 Å². The zero-order valence-electron chi connectivity index (χ0n) is 5.26. The fraction of sp³-hybridized carbons (Fsp3) is 0.143. The molecule has 0 aliphatic carbocycles. The van der Waals surface area contributed by atoms with E-state index >= 15 is 0 Å². The first-order valence-corrected chi connectivity index (χ1v) is 2.46. The van der Waals surface area contributed by atoms with Crippen molar-refractivity contribution in [1.29, 1.82) is 0 Å². The van der Waals surface area contributed by atoms with Crippen LogP contribution < -0.4 is 0 Å². The van der Waals surface area contributed by atoms with Gasteiger partial charge < -0.3 is 5.11 Å². The van der Waals surface area contributed by atoms with Crippen LogP contribution >= 0.6 is 0 Å². The number of hydrogen-bond acceptors (Lipinski definition) is 1. The average Bonchev–Trinajstić information content (AvgIpc) is 1.64. The summed E-state index contributed by atoms with van der Waals surface area (Å²) < 4.78 is 0. The standard InChI is InChI=1S/C7H7O.Y/c1-6-3-2-4-7(8)5-6;/h3-5,8H,1H3;/q-1;+3. The second kappa shape index (κ2) is 4.02. The van der Waals surface area contributed by atoms with Gasteiger partial charge in [0.25, 0.3) is 0 Å². The Balaban J connectivity index is 0.000000640. The number of hydrogen-bond donors (Lipinski definition) is 1. The summed E-state index contributed by atoms with van der Waals surface area (Å²) >= 11 is 0. The molecule has 0 heterocycles. The first-order chi connectivity index (χ1) is 3.79. The summed E-state index contributed by atoms with van der Waals surface area (Å²) in [5.74, 6) is 0.282. The predicted molar refractivity (Wildman–Crippen MR) is 31.7 cm³/mol. The van der Waals surface area contributed by atoms with Crippen LogP contribution in [0.1, 0.15) is 5.56 Å². The SMILES string of the molecule is Cc1c[c-]cc(O)c1.[Y+3]. The fourth-order valence-electron chi connectivity index (χ4n) is 0.575. The third kappa shape index (κ3) is 2.97. The van der Waals surface area contributed by atoms with E-state index in [1.54, 1.807) is 6.07 Å². The van der Waals surface area contributed by atoms with Crippen molar-refractivity contribution >= 4 is 0 Å². The second-order valence-corrected chi connectivity index (χ2v) is 1.77. The smallest absolute Gasteiger partial charge is 0.566 e. The van der Waals surface area contributed by atoms with Crippen LogP contribution in [0.4, 0.5) is 0 Å². The molecule has 0 radical (unpaired) electrons. The van der Waals surface area contributed by atoms with E-state index in [1.807, 2.05) is 13.0 Å². The molecule has 9 heavy (non-hydrogen) atoms. The fourth-order valence-corrected chi connectivity index (χ4v) is 0.575. The van der Waals surface area contributed by atoms with Gasteiger partial charge in [-0.15, -0.1) is 12.1 Å². The molecule has 0 aliphatic rings. The minimum Gasteiger partial charge on any atom is -0.566 e. The van der Waals surface area contributed by atoms with Gasteiger partial charge in [0.05, 0.1) is 0 Å². The molecule has 2 heteroatoms. The Morgan fingerprint density at radius 3 is 2.44 bits per heavy atom. The van der Waals surface area contributed by atoms with Crippen molar-refractivity contribution in [3.8, 4) is 5.75 Å². The van der Waals surface area contributed by atoms with Crippen molar-refractivity contribution in [3.63, 3.8) is 0 Å². The Morgan fingerprint density at radius 2 is 2.11 bits per heavy atom. The molecule has 0 bridgehead atoms. The van der Waals surface area contributed by atoms with Gasteiger partial charge in [-0.3, -0.25) is 0 Å². The second-order valence-electron chi connectivity index (χ2n) is 1.77. The third-order valence-corrected chi connectivity index (χ3v) is 0.918. The van der Waals surface area contributed by atoms with Gasteiger partial charge in [-0.25, -0.2) is 0 Å². The number of phenolic OH excluding ortho intramolecular Hbond substituents is 1. The molecule has 0 saturated carbocycles. The number of rotatable bonds is 0. The van der Waals surface area contributed by atoms with E-state index in [0.29, 0.717) is 0 Å². The van der Waals surface area contributed by atoms with Gasteiger partial charge in [0, 0.05) is 5.75 Å². The van der Waals surface area contributed by atoms with Crippen molar-refractivity contribution in [1.82, 2.24) is 0 Å². The molecule has 0 saturated heterocycles. The van der Waals surface area contributed by atoms with Crippen molar-refractivity contribution in [3.05, 3.63) is 29.8 Å². The molecule has 1 nitrogen and oxygen atoms in total. The summed E-state index contributed by atoms with van der Waals surface area (Å²) in [6.07, 6.45) is 0. The molecular formula is C7H7OY+2. The van der Waals surface area contributed by atoms with Gasteiger partial charge >= 0.3 is 32.7 Å². The monoisotopic (exact) mass is 196 g/mol. The summed E-state index contributed by atoms with van der Waals surface area (Å²) in [6.45, 7) is 1.91. The van der Waals surface area contributed by atoms with Crippen molar-refractivity contribution < 1.29 is 37.8 Å². The van der Waals surface area contributed by atoms with E-state index < -0.39 is 0 Å². The summed E-state index contributed by atoms with van der Waals surface area (Å²) in [4.78, 5) is 0. The third-order valence-electron chi connectivity index (χ3n) is 0.918. The summed E-state index contributed by atoms with van der Waals surface area (Å²) in [6, 6.07) is 7.82. The normalized spacial score (nSPS) is 8.11. The van der Waals surface area contributed by atoms with Gasteiger partial charge in [-0.05, 0) is 0 Å². The maximum absolute atomic E-state index is 8.78. The predicted octanol–water partition coefficient (Wildman–Crippen LogP) is 1.50. The first-order valence-electron chi connectivity index (χ1n) is 2.46. The number of aryl methyl sites for hydroxylation is 1. The molecule has 1 aromatic carbocycles. The zero-order valence-corrected chi connectivity index (χ0v) is 8.09. The van der Waals surface area contributed by atoms with Gasteiger partial charge in [0.1, 0.15) is 0 Å². The van der Waals surface area contributed by atoms with Gasteiger partial charge in [0.15, 0.2) is 0 Å². The van der Waals surface area contributed by atoms with Gasteiger partial charge in [-0.1, -0.05) is 6.92 Å². The Morgan fingerprint density at radius 1 is 1.44 bits per heavy atom. The van der Waals surface area contributed by atoms with Crippen molar-refractivity contribution in [2.75, 3.05) is 0 Å². The van der Waals surface area contributed by atoms with Crippen LogP contribution in [0.25, 0.3) is 0 Å². The van der Waals surface area contributed by atoms with Crippen LogP contribution in [-0.2, 0) is 32.7 Å². The molecule has 0 unspecified atom stereocenters. The molecule has 0 spiro atoms. The maximum Gasteiger partial charge on any atom is 3.00 e. The summed E-state index contributed by atoms with van der Waals surface area (Å²) in [5, 5.41) is 8.78. The molecule has 0 atom stereocenters. The maximum atomic E-state index is 8.78. The van der Waals surface area contributed by atoms with Crippen LogP contribution in [0.3, 0.4) is 0 Å². The molecule has 1 rings (SSSR count). The van der Waals surface area contributed by atoms with E-state index in [-0.39, 0.29) is 38.5 Å². The molecule has 42 valence electrons. The molecule has 0 aromatic heterocycles. The Labute approximate surface area is 80.0 Å². The van der Waals surface area contributed by atoms with E-state index in [4.69, 9.17) is 5.11 Å². The Hall–Kier alpha value is 0.124. The van der Waals surface area contributed by atoms with Crippen molar-refractivity contribution in [2.24, 2.45) is 0 Å². The minimum absolute atomic E-state index is 0. The molecule has 0 amide bonds. The van der Waals surface area contributed by atoms with E-state index in [2.05, 4.69) is 6.07 Å². The molecule has 0 fully saturated rings. The molecule has 1 N–H and O–H groups in total. The Kier molecular flexibility index (Phi) is 4.08. The molecular weight excluding hydrogens is 189 g/mol. The Bertz CT molecular complexity index is 169. The molecule has 1 aromatic rings. The van der Waals surface area contributed by atoms with Gasteiger partial charge in [0.2, 0.25) is 0 Å². The number of benzene rings is 1. The van der Waals surface area contributed by atoms with E-state index in [9.17, 15) is 0 Å². The van der Waals surface area contributed by atoms with Crippen LogP contribution in [0.5, 0.6) is 5.75 Å². The van der Waals surface area contributed by atoms with Gasteiger partial charge in [-0.2, -0.15) is 17.7 Å². The van der Waals surface area contributed by atoms with Crippen LogP contribution in [0.15, 0.2) is 18.2 Å².